The van der Waals surface area contributed by atoms with E-state index in [1.54, 1.807) is 0 Å². The molecule has 0 aromatic heterocycles. The fraction of sp³-hybridized carbons (Fsp3) is 1.00. The lowest BCUT2D eigenvalue weighted by Gasteiger charge is -2.40. The van der Waals surface area contributed by atoms with Gasteiger partial charge in [0.15, 0.2) is 0 Å². The maximum atomic E-state index is 11.8. The second-order valence-electron chi connectivity index (χ2n) is 5.98. The number of rotatable bonds is 7. The minimum Gasteiger partial charge on any atom is -0.330 e. The van der Waals surface area contributed by atoms with Crippen LogP contribution in [0, 0.1) is 11.3 Å². The molecule has 2 unspecified atom stereocenters. The van der Waals surface area contributed by atoms with Crippen molar-refractivity contribution in [2.45, 2.75) is 58.8 Å². The van der Waals surface area contributed by atoms with E-state index in [1.165, 1.54) is 19.3 Å². The first-order chi connectivity index (χ1) is 8.47. The molecule has 0 aromatic carbocycles. The quantitative estimate of drug-likeness (QED) is 0.777. The van der Waals surface area contributed by atoms with Crippen LogP contribution in [0.3, 0.4) is 0 Å². The molecule has 1 aliphatic rings. The first-order valence-electron chi connectivity index (χ1n) is 7.37. The summed E-state index contributed by atoms with van der Waals surface area (Å²) >= 11 is 0. The minimum absolute atomic E-state index is 0.0970. The fourth-order valence-corrected chi connectivity index (χ4v) is 4.80. The third-order valence-electron chi connectivity index (χ3n) is 4.51. The van der Waals surface area contributed by atoms with Crippen LogP contribution >= 0.6 is 0 Å². The Labute approximate surface area is 112 Å². The zero-order valence-corrected chi connectivity index (χ0v) is 12.8. The van der Waals surface area contributed by atoms with Crippen molar-refractivity contribution in [2.24, 2.45) is 17.1 Å². The Morgan fingerprint density at radius 3 is 2.56 bits per heavy atom. The van der Waals surface area contributed by atoms with Gasteiger partial charge in [0.1, 0.15) is 9.84 Å². The van der Waals surface area contributed by atoms with Gasteiger partial charge in [-0.15, -0.1) is 0 Å². The molecular weight excluding hydrogens is 246 g/mol. The van der Waals surface area contributed by atoms with Crippen LogP contribution in [0.1, 0.15) is 58.8 Å². The molecule has 18 heavy (non-hydrogen) atoms. The summed E-state index contributed by atoms with van der Waals surface area (Å²) in [5.74, 6) is 1.40. The van der Waals surface area contributed by atoms with Crippen LogP contribution < -0.4 is 5.73 Å². The molecule has 0 amide bonds. The van der Waals surface area contributed by atoms with E-state index in [2.05, 4.69) is 6.92 Å². The SMILES string of the molecule is CCCS(=O)(=O)CCC1(CN)CCCC(CC)C1. The van der Waals surface area contributed by atoms with Crippen LogP contribution in [0.5, 0.6) is 0 Å². The summed E-state index contributed by atoms with van der Waals surface area (Å²) in [6.45, 7) is 4.79. The highest BCUT2D eigenvalue weighted by Gasteiger charge is 2.35. The van der Waals surface area contributed by atoms with Gasteiger partial charge in [-0.2, -0.15) is 0 Å². The van der Waals surface area contributed by atoms with E-state index < -0.39 is 9.84 Å². The minimum atomic E-state index is -2.86. The predicted molar refractivity (Wildman–Crippen MR) is 77.3 cm³/mol. The molecule has 0 saturated heterocycles. The van der Waals surface area contributed by atoms with Crippen molar-refractivity contribution in [3.8, 4) is 0 Å². The van der Waals surface area contributed by atoms with E-state index in [-0.39, 0.29) is 5.41 Å². The molecule has 0 radical (unpaired) electrons. The van der Waals surface area contributed by atoms with Gasteiger partial charge >= 0.3 is 0 Å². The molecular formula is C14H29NO2S. The maximum Gasteiger partial charge on any atom is 0.150 e. The summed E-state index contributed by atoms with van der Waals surface area (Å²) in [6, 6.07) is 0. The molecule has 108 valence electrons. The number of sulfone groups is 1. The Morgan fingerprint density at radius 1 is 1.28 bits per heavy atom. The number of hydrogen-bond acceptors (Lipinski definition) is 3. The Morgan fingerprint density at radius 2 is 2.00 bits per heavy atom. The van der Waals surface area contributed by atoms with Crippen LogP contribution in [0.25, 0.3) is 0 Å². The van der Waals surface area contributed by atoms with Gasteiger partial charge in [-0.3, -0.25) is 0 Å². The predicted octanol–water partition coefficient (Wildman–Crippen LogP) is 2.75. The van der Waals surface area contributed by atoms with Crippen molar-refractivity contribution in [2.75, 3.05) is 18.1 Å². The van der Waals surface area contributed by atoms with Crippen molar-refractivity contribution >= 4 is 9.84 Å². The topological polar surface area (TPSA) is 60.2 Å². The van der Waals surface area contributed by atoms with Crippen molar-refractivity contribution < 1.29 is 8.42 Å². The first-order valence-corrected chi connectivity index (χ1v) is 9.19. The number of nitrogens with two attached hydrogens (primary N) is 1. The van der Waals surface area contributed by atoms with E-state index in [0.29, 0.717) is 18.1 Å². The summed E-state index contributed by atoms with van der Waals surface area (Å²) in [4.78, 5) is 0. The summed E-state index contributed by atoms with van der Waals surface area (Å²) in [6.07, 6.45) is 7.42. The van der Waals surface area contributed by atoms with E-state index in [4.69, 9.17) is 5.73 Å². The largest absolute Gasteiger partial charge is 0.330 e. The third kappa shape index (κ3) is 4.54. The van der Waals surface area contributed by atoms with Gasteiger partial charge in [-0.25, -0.2) is 8.42 Å². The molecule has 0 spiro atoms. The highest BCUT2D eigenvalue weighted by Crippen LogP contribution is 2.42. The fourth-order valence-electron chi connectivity index (χ4n) is 3.23. The smallest absolute Gasteiger partial charge is 0.150 e. The zero-order chi connectivity index (χ0) is 13.6. The lowest BCUT2D eigenvalue weighted by molar-refractivity contribution is 0.138. The van der Waals surface area contributed by atoms with Crippen molar-refractivity contribution in [3.63, 3.8) is 0 Å². The Kier molecular flexibility index (Phi) is 6.12. The molecule has 0 aliphatic heterocycles. The first kappa shape index (κ1) is 16.0. The van der Waals surface area contributed by atoms with Crippen LogP contribution in [-0.4, -0.2) is 26.5 Å². The van der Waals surface area contributed by atoms with Gasteiger partial charge in [0.05, 0.1) is 5.75 Å². The molecule has 2 atom stereocenters. The van der Waals surface area contributed by atoms with Crippen LogP contribution in [0.4, 0.5) is 0 Å². The average molecular weight is 275 g/mol. The molecule has 1 aliphatic carbocycles. The normalized spacial score (nSPS) is 29.4. The molecule has 3 nitrogen and oxygen atoms in total. The molecule has 1 rings (SSSR count). The van der Waals surface area contributed by atoms with Crippen molar-refractivity contribution in [3.05, 3.63) is 0 Å². The summed E-state index contributed by atoms with van der Waals surface area (Å²) in [5, 5.41) is 0. The zero-order valence-electron chi connectivity index (χ0n) is 12.0. The average Bonchev–Trinajstić information content (AvgIpc) is 2.37. The molecule has 0 aromatic rings. The van der Waals surface area contributed by atoms with E-state index in [1.807, 2.05) is 6.92 Å². The van der Waals surface area contributed by atoms with Gasteiger partial charge in [0.2, 0.25) is 0 Å². The van der Waals surface area contributed by atoms with E-state index >= 15 is 0 Å². The van der Waals surface area contributed by atoms with E-state index in [9.17, 15) is 8.42 Å². The monoisotopic (exact) mass is 275 g/mol. The van der Waals surface area contributed by atoms with Gasteiger partial charge in [0, 0.05) is 5.75 Å². The van der Waals surface area contributed by atoms with Gasteiger partial charge in [-0.1, -0.05) is 33.1 Å². The van der Waals surface area contributed by atoms with E-state index in [0.717, 1.165) is 31.6 Å². The second-order valence-corrected chi connectivity index (χ2v) is 8.28. The van der Waals surface area contributed by atoms with Crippen LogP contribution in [0.2, 0.25) is 0 Å². The lowest BCUT2D eigenvalue weighted by Crippen LogP contribution is -2.37. The Balaban J connectivity index is 2.60. The van der Waals surface area contributed by atoms with Crippen molar-refractivity contribution in [1.82, 2.24) is 0 Å². The molecule has 2 N–H and O–H groups in total. The van der Waals surface area contributed by atoms with Crippen molar-refractivity contribution in [1.29, 1.82) is 0 Å². The molecule has 0 bridgehead atoms. The molecule has 4 heteroatoms. The lowest BCUT2D eigenvalue weighted by atomic mass is 9.67. The summed E-state index contributed by atoms with van der Waals surface area (Å²) in [5.41, 5.74) is 6.06. The highest BCUT2D eigenvalue weighted by atomic mass is 32.2. The number of hydrogen-bond donors (Lipinski definition) is 1. The summed E-state index contributed by atoms with van der Waals surface area (Å²) < 4.78 is 23.7. The molecule has 1 saturated carbocycles. The van der Waals surface area contributed by atoms with Crippen LogP contribution in [-0.2, 0) is 9.84 Å². The van der Waals surface area contributed by atoms with Gasteiger partial charge < -0.3 is 5.73 Å². The summed E-state index contributed by atoms with van der Waals surface area (Å²) in [7, 11) is -2.86. The van der Waals surface area contributed by atoms with Gasteiger partial charge in [0.25, 0.3) is 0 Å². The maximum absolute atomic E-state index is 11.8. The van der Waals surface area contributed by atoms with Gasteiger partial charge in [-0.05, 0) is 43.6 Å². The Hall–Kier alpha value is -0.0900. The molecule has 0 heterocycles. The van der Waals surface area contributed by atoms with Crippen LogP contribution in [0.15, 0.2) is 0 Å². The standard InChI is InChI=1S/C14H29NO2S/c1-3-9-18(16,17)10-8-14(12-15)7-5-6-13(4-2)11-14/h13H,3-12,15H2,1-2H3. The highest BCUT2D eigenvalue weighted by molar-refractivity contribution is 7.91. The third-order valence-corrected chi connectivity index (χ3v) is 6.37. The Bertz CT molecular complexity index is 340. The second kappa shape index (κ2) is 6.90. The molecule has 1 fully saturated rings.